The van der Waals surface area contributed by atoms with Crippen LogP contribution in [-0.2, 0) is 6.18 Å². The number of nitrogens with zero attached hydrogens (tertiary/aromatic N) is 2. The largest absolute Gasteiger partial charge is 0.451 e. The maximum absolute atomic E-state index is 12.6. The molecule has 2 rings (SSSR count). The van der Waals surface area contributed by atoms with Gasteiger partial charge in [0.1, 0.15) is 0 Å². The highest BCUT2D eigenvalue weighted by molar-refractivity contribution is 5.89. The minimum Gasteiger partial charge on any atom is -0.350 e. The number of rotatable bonds is 2. The Morgan fingerprint density at radius 1 is 1.21 bits per heavy atom. The molecule has 1 aromatic carbocycles. The highest BCUT2D eigenvalue weighted by Gasteiger charge is 2.35. The fraction of sp³-hybridized carbons (Fsp3) is 0.100. The predicted octanol–water partition coefficient (Wildman–Crippen LogP) is 1.64. The molecule has 9 heteroatoms. The first-order valence-electron chi connectivity index (χ1n) is 5.03. The molecule has 100 valence electrons. The lowest BCUT2D eigenvalue weighted by Gasteiger charge is -2.11. The van der Waals surface area contributed by atoms with Gasteiger partial charge >= 0.3 is 12.2 Å². The van der Waals surface area contributed by atoms with Gasteiger partial charge in [0.05, 0.1) is 5.52 Å². The molecule has 6 nitrogen and oxygen atoms in total. The summed E-state index contributed by atoms with van der Waals surface area (Å²) < 4.78 is 37.9. The number of benzene rings is 1. The number of carbonyl (C=O) groups is 1. The first kappa shape index (κ1) is 12.9. The van der Waals surface area contributed by atoms with Crippen LogP contribution < -0.4 is 16.6 Å². The van der Waals surface area contributed by atoms with Crippen LogP contribution >= 0.6 is 0 Å². The van der Waals surface area contributed by atoms with E-state index in [-0.39, 0.29) is 11.3 Å². The van der Waals surface area contributed by atoms with Crippen LogP contribution in [-0.4, -0.2) is 16.0 Å². The van der Waals surface area contributed by atoms with Gasteiger partial charge in [0.2, 0.25) is 5.82 Å². The topological polar surface area (TPSA) is 92.9 Å². The molecule has 0 aliphatic rings. The normalized spacial score (nSPS) is 11.3. The molecule has 2 aromatic rings. The third-order valence-corrected chi connectivity index (χ3v) is 2.16. The number of aromatic nitrogens is 2. The number of carbonyl (C=O) groups excluding carboxylic acids is 1. The third-order valence-electron chi connectivity index (χ3n) is 2.16. The SMILES string of the molecule is NC(=O)NNc1nc(C(F)(F)F)nc2ccccc12. The highest BCUT2D eigenvalue weighted by atomic mass is 19.4. The molecule has 1 aromatic heterocycles. The molecule has 0 aliphatic carbocycles. The van der Waals surface area contributed by atoms with E-state index in [1.807, 2.05) is 5.43 Å². The molecule has 4 N–H and O–H groups in total. The quantitative estimate of drug-likeness (QED) is 0.724. The van der Waals surface area contributed by atoms with E-state index in [4.69, 9.17) is 5.73 Å². The van der Waals surface area contributed by atoms with Crippen LogP contribution in [0.15, 0.2) is 24.3 Å². The summed E-state index contributed by atoms with van der Waals surface area (Å²) in [5.74, 6) is -1.49. The summed E-state index contributed by atoms with van der Waals surface area (Å²) in [6.45, 7) is 0. The average molecular weight is 271 g/mol. The number of nitrogens with two attached hydrogens (primary N) is 1. The monoisotopic (exact) mass is 271 g/mol. The summed E-state index contributed by atoms with van der Waals surface area (Å²) in [7, 11) is 0. The second-order valence-corrected chi connectivity index (χ2v) is 3.52. The van der Waals surface area contributed by atoms with Crippen molar-refractivity contribution in [3.63, 3.8) is 0 Å². The van der Waals surface area contributed by atoms with Crippen molar-refractivity contribution in [2.24, 2.45) is 5.73 Å². The summed E-state index contributed by atoms with van der Waals surface area (Å²) in [6, 6.07) is 5.12. The van der Waals surface area contributed by atoms with Crippen LogP contribution in [0.4, 0.5) is 23.8 Å². The first-order chi connectivity index (χ1) is 8.88. The summed E-state index contributed by atoms with van der Waals surface area (Å²) in [4.78, 5) is 17.3. The molecule has 0 aliphatic heterocycles. The number of primary amides is 1. The molecule has 1 heterocycles. The minimum absolute atomic E-state index is 0.0959. The standard InChI is InChI=1S/C10H8F3N5O/c11-10(12,13)8-15-6-4-2-1-3-5(6)7(16-8)17-18-9(14)19/h1-4H,(H3,14,18,19)(H,15,16,17). The van der Waals surface area contributed by atoms with Crippen LogP contribution in [0.1, 0.15) is 5.82 Å². The summed E-state index contributed by atoms with van der Waals surface area (Å²) in [6.07, 6.45) is -4.69. The third kappa shape index (κ3) is 2.81. The van der Waals surface area contributed by atoms with Gasteiger partial charge in [-0.1, -0.05) is 12.1 Å². The van der Waals surface area contributed by atoms with E-state index in [0.29, 0.717) is 5.39 Å². The van der Waals surface area contributed by atoms with Crippen molar-refractivity contribution in [1.82, 2.24) is 15.4 Å². The lowest BCUT2D eigenvalue weighted by atomic mass is 10.2. The van der Waals surface area contributed by atoms with Gasteiger partial charge in [-0.2, -0.15) is 13.2 Å². The first-order valence-corrected chi connectivity index (χ1v) is 5.03. The molecule has 0 fully saturated rings. The van der Waals surface area contributed by atoms with Gasteiger partial charge in [0.15, 0.2) is 5.82 Å². The van der Waals surface area contributed by atoms with Gasteiger partial charge in [0, 0.05) is 5.39 Å². The van der Waals surface area contributed by atoms with Gasteiger partial charge in [-0.3, -0.25) is 10.9 Å². The van der Waals surface area contributed by atoms with Gasteiger partial charge in [-0.05, 0) is 12.1 Å². The fourth-order valence-electron chi connectivity index (χ4n) is 1.42. The second-order valence-electron chi connectivity index (χ2n) is 3.52. The van der Waals surface area contributed by atoms with Crippen molar-refractivity contribution >= 4 is 22.8 Å². The van der Waals surface area contributed by atoms with Crippen LogP contribution in [0, 0.1) is 0 Å². The van der Waals surface area contributed by atoms with E-state index in [1.54, 1.807) is 12.1 Å². The molecular formula is C10H8F3N5O. The van der Waals surface area contributed by atoms with Crippen molar-refractivity contribution in [2.75, 3.05) is 5.43 Å². The van der Waals surface area contributed by atoms with E-state index >= 15 is 0 Å². The summed E-state index contributed by atoms with van der Waals surface area (Å²) in [5.41, 5.74) is 9.11. The van der Waals surface area contributed by atoms with E-state index in [2.05, 4.69) is 15.4 Å². The molecule has 0 bridgehead atoms. The summed E-state index contributed by atoms with van der Waals surface area (Å²) in [5, 5.41) is 0.323. The van der Waals surface area contributed by atoms with Gasteiger partial charge in [-0.25, -0.2) is 14.8 Å². The number of nitrogens with one attached hydrogen (secondary N) is 2. The van der Waals surface area contributed by atoms with Crippen molar-refractivity contribution in [3.8, 4) is 0 Å². The van der Waals surface area contributed by atoms with Gasteiger partial charge in [-0.15, -0.1) is 0 Å². The number of para-hydroxylation sites is 1. The number of amides is 2. The Labute approximate surface area is 104 Å². The van der Waals surface area contributed by atoms with Crippen LogP contribution in [0.25, 0.3) is 10.9 Å². The molecule has 2 amide bonds. The van der Waals surface area contributed by atoms with E-state index in [1.165, 1.54) is 12.1 Å². The molecular weight excluding hydrogens is 263 g/mol. The lowest BCUT2D eigenvalue weighted by Crippen LogP contribution is -2.34. The number of anilines is 1. The Morgan fingerprint density at radius 3 is 2.53 bits per heavy atom. The van der Waals surface area contributed by atoms with Crippen LogP contribution in [0.2, 0.25) is 0 Å². The Balaban J connectivity index is 2.55. The van der Waals surface area contributed by atoms with Gasteiger partial charge < -0.3 is 5.73 Å². The number of hydrogen-bond acceptors (Lipinski definition) is 4. The minimum atomic E-state index is -4.69. The second kappa shape index (κ2) is 4.59. The number of alkyl halides is 3. The van der Waals surface area contributed by atoms with Crippen LogP contribution in [0.3, 0.4) is 0 Å². The lowest BCUT2D eigenvalue weighted by molar-refractivity contribution is -0.144. The van der Waals surface area contributed by atoms with E-state index < -0.39 is 18.0 Å². The van der Waals surface area contributed by atoms with Crippen LogP contribution in [0.5, 0.6) is 0 Å². The van der Waals surface area contributed by atoms with Crippen molar-refractivity contribution in [3.05, 3.63) is 30.1 Å². The maximum Gasteiger partial charge on any atom is 0.451 e. The number of urea groups is 1. The highest BCUT2D eigenvalue weighted by Crippen LogP contribution is 2.29. The number of halogens is 3. The Kier molecular flexibility index (Phi) is 3.11. The molecule has 0 atom stereocenters. The fourth-order valence-corrected chi connectivity index (χ4v) is 1.42. The molecule has 0 spiro atoms. The maximum atomic E-state index is 12.6. The molecule has 19 heavy (non-hydrogen) atoms. The van der Waals surface area contributed by atoms with Gasteiger partial charge in [0.25, 0.3) is 0 Å². The van der Waals surface area contributed by atoms with Crippen molar-refractivity contribution < 1.29 is 18.0 Å². The Morgan fingerprint density at radius 2 is 1.89 bits per heavy atom. The summed E-state index contributed by atoms with van der Waals surface area (Å²) >= 11 is 0. The Bertz CT molecular complexity index is 628. The Hall–Kier alpha value is -2.58. The van der Waals surface area contributed by atoms with Crippen molar-refractivity contribution in [1.29, 1.82) is 0 Å². The number of hydrogen-bond donors (Lipinski definition) is 3. The molecule has 0 radical (unpaired) electrons. The predicted molar refractivity (Wildman–Crippen MR) is 60.9 cm³/mol. The van der Waals surface area contributed by atoms with Crippen molar-refractivity contribution in [2.45, 2.75) is 6.18 Å². The van der Waals surface area contributed by atoms with E-state index in [9.17, 15) is 18.0 Å². The number of fused-ring (bicyclic) bond motifs is 1. The smallest absolute Gasteiger partial charge is 0.350 e. The van der Waals surface area contributed by atoms with E-state index in [0.717, 1.165) is 0 Å². The zero-order chi connectivity index (χ0) is 14.0. The number of hydrazine groups is 1. The molecule has 0 saturated carbocycles. The zero-order valence-electron chi connectivity index (χ0n) is 9.32. The molecule has 0 unspecified atom stereocenters. The molecule has 0 saturated heterocycles. The zero-order valence-corrected chi connectivity index (χ0v) is 9.32. The average Bonchev–Trinajstić information content (AvgIpc) is 2.34.